The first kappa shape index (κ1) is 18.6. The predicted octanol–water partition coefficient (Wildman–Crippen LogP) is 1.43. The van der Waals surface area contributed by atoms with Crippen LogP contribution >= 0.6 is 15.9 Å². The van der Waals surface area contributed by atoms with Gasteiger partial charge in [0.05, 0.1) is 26.9 Å². The molecule has 138 valence electrons. The Balaban J connectivity index is 1.46. The summed E-state index contributed by atoms with van der Waals surface area (Å²) in [6.07, 6.45) is 0. The zero-order valence-corrected chi connectivity index (χ0v) is 16.3. The van der Waals surface area contributed by atoms with Crippen LogP contribution in [-0.2, 0) is 16.1 Å². The fourth-order valence-corrected chi connectivity index (χ4v) is 3.62. The molecule has 0 radical (unpaired) electrons. The minimum atomic E-state index is 0.229. The molecule has 1 aromatic rings. The van der Waals surface area contributed by atoms with Gasteiger partial charge in [0, 0.05) is 50.3 Å². The lowest BCUT2D eigenvalue weighted by atomic mass is 10.2. The second kappa shape index (κ2) is 8.98. The second-order valence-corrected chi connectivity index (χ2v) is 7.36. The van der Waals surface area contributed by atoms with Crippen LogP contribution in [-0.4, -0.2) is 86.7 Å². The van der Waals surface area contributed by atoms with Crippen molar-refractivity contribution in [2.75, 3.05) is 66.1 Å². The number of hydrogen-bond donors (Lipinski definition) is 0. The van der Waals surface area contributed by atoms with Gasteiger partial charge in [0.1, 0.15) is 5.75 Å². The van der Waals surface area contributed by atoms with E-state index in [1.807, 2.05) is 17.0 Å². The molecular formula is C18H26BrN3O3. The number of ether oxygens (including phenoxy) is 2. The van der Waals surface area contributed by atoms with E-state index in [2.05, 4.69) is 31.8 Å². The first-order valence-corrected chi connectivity index (χ1v) is 9.57. The van der Waals surface area contributed by atoms with Crippen LogP contribution < -0.4 is 4.74 Å². The summed E-state index contributed by atoms with van der Waals surface area (Å²) in [5.41, 5.74) is 1.23. The second-order valence-electron chi connectivity index (χ2n) is 6.50. The van der Waals surface area contributed by atoms with Gasteiger partial charge in [-0.3, -0.25) is 14.6 Å². The third-order valence-electron chi connectivity index (χ3n) is 4.83. The standard InChI is InChI=1S/C18H26BrN3O3/c1-24-16-2-3-17(19)15(12-16)13-20-4-6-21(7-5-20)14-18(23)22-8-10-25-11-9-22/h2-3,12H,4-11,13-14H2,1H3. The van der Waals surface area contributed by atoms with Gasteiger partial charge >= 0.3 is 0 Å². The van der Waals surface area contributed by atoms with Gasteiger partial charge in [-0.2, -0.15) is 0 Å². The number of methoxy groups -OCH3 is 1. The lowest BCUT2D eigenvalue weighted by Gasteiger charge is -2.36. The molecule has 0 bridgehead atoms. The Hall–Kier alpha value is -1.15. The molecule has 0 aromatic heterocycles. The van der Waals surface area contributed by atoms with Crippen molar-refractivity contribution in [3.8, 4) is 5.75 Å². The molecule has 2 fully saturated rings. The topological polar surface area (TPSA) is 45.2 Å². The normalized spacial score (nSPS) is 19.8. The average Bonchev–Trinajstić information content (AvgIpc) is 2.66. The quantitative estimate of drug-likeness (QED) is 0.733. The van der Waals surface area contributed by atoms with Crippen molar-refractivity contribution >= 4 is 21.8 Å². The highest BCUT2D eigenvalue weighted by atomic mass is 79.9. The smallest absolute Gasteiger partial charge is 0.236 e. The van der Waals surface area contributed by atoms with Crippen LogP contribution in [0.5, 0.6) is 5.75 Å². The average molecular weight is 412 g/mol. The molecule has 7 heteroatoms. The number of halogens is 1. The Kier molecular flexibility index (Phi) is 6.70. The lowest BCUT2D eigenvalue weighted by Crippen LogP contribution is -2.51. The Labute approximate surface area is 157 Å². The first-order chi connectivity index (χ1) is 12.2. The molecular weight excluding hydrogens is 386 g/mol. The maximum Gasteiger partial charge on any atom is 0.236 e. The molecule has 1 aromatic carbocycles. The van der Waals surface area contributed by atoms with E-state index >= 15 is 0 Å². The molecule has 2 heterocycles. The summed E-state index contributed by atoms with van der Waals surface area (Å²) in [4.78, 5) is 19.0. The SMILES string of the molecule is COc1ccc(Br)c(CN2CCN(CC(=O)N3CCOCC3)CC2)c1. The van der Waals surface area contributed by atoms with Crippen LogP contribution in [0.3, 0.4) is 0 Å². The third-order valence-corrected chi connectivity index (χ3v) is 5.61. The van der Waals surface area contributed by atoms with Crippen LogP contribution in [0.15, 0.2) is 22.7 Å². The first-order valence-electron chi connectivity index (χ1n) is 8.78. The molecule has 0 aliphatic carbocycles. The van der Waals surface area contributed by atoms with Crippen molar-refractivity contribution in [3.05, 3.63) is 28.2 Å². The highest BCUT2D eigenvalue weighted by Crippen LogP contribution is 2.24. The number of morpholine rings is 1. The Bertz CT molecular complexity index is 585. The number of amides is 1. The van der Waals surface area contributed by atoms with Gasteiger partial charge in [-0.1, -0.05) is 15.9 Å². The Morgan fingerprint density at radius 3 is 2.48 bits per heavy atom. The third kappa shape index (κ3) is 5.17. The number of carbonyl (C=O) groups excluding carboxylic acids is 1. The zero-order valence-electron chi connectivity index (χ0n) is 14.7. The fourth-order valence-electron chi connectivity index (χ4n) is 3.25. The van der Waals surface area contributed by atoms with Gasteiger partial charge in [0.25, 0.3) is 0 Å². The van der Waals surface area contributed by atoms with E-state index in [1.54, 1.807) is 7.11 Å². The minimum absolute atomic E-state index is 0.229. The van der Waals surface area contributed by atoms with Gasteiger partial charge in [-0.15, -0.1) is 0 Å². The molecule has 0 atom stereocenters. The number of rotatable bonds is 5. The van der Waals surface area contributed by atoms with Crippen molar-refractivity contribution in [2.45, 2.75) is 6.54 Å². The van der Waals surface area contributed by atoms with Gasteiger partial charge < -0.3 is 14.4 Å². The van der Waals surface area contributed by atoms with Gasteiger partial charge in [0.15, 0.2) is 0 Å². The van der Waals surface area contributed by atoms with E-state index in [0.29, 0.717) is 19.8 Å². The summed E-state index contributed by atoms with van der Waals surface area (Å²) in [6.45, 7) is 7.99. The number of carbonyl (C=O) groups is 1. The molecule has 0 spiro atoms. The van der Waals surface area contributed by atoms with E-state index < -0.39 is 0 Å². The summed E-state index contributed by atoms with van der Waals surface area (Å²) < 4.78 is 11.7. The van der Waals surface area contributed by atoms with Gasteiger partial charge in [-0.05, 0) is 23.8 Å². The molecule has 2 saturated heterocycles. The summed E-state index contributed by atoms with van der Waals surface area (Å²) in [5.74, 6) is 1.11. The molecule has 2 aliphatic rings. The lowest BCUT2D eigenvalue weighted by molar-refractivity contribution is -0.136. The van der Waals surface area contributed by atoms with Crippen molar-refractivity contribution in [1.82, 2.24) is 14.7 Å². The Morgan fingerprint density at radius 1 is 1.12 bits per heavy atom. The molecule has 0 saturated carbocycles. The van der Waals surface area contributed by atoms with E-state index in [4.69, 9.17) is 9.47 Å². The van der Waals surface area contributed by atoms with E-state index in [-0.39, 0.29) is 5.91 Å². The van der Waals surface area contributed by atoms with Crippen LogP contribution in [0.4, 0.5) is 0 Å². The summed E-state index contributed by atoms with van der Waals surface area (Å²) in [6, 6.07) is 6.08. The fraction of sp³-hybridized carbons (Fsp3) is 0.611. The van der Waals surface area contributed by atoms with Crippen LogP contribution in [0, 0.1) is 0 Å². The number of hydrogen-bond acceptors (Lipinski definition) is 5. The largest absolute Gasteiger partial charge is 0.497 e. The van der Waals surface area contributed by atoms with Crippen molar-refractivity contribution in [3.63, 3.8) is 0 Å². The van der Waals surface area contributed by atoms with E-state index in [9.17, 15) is 4.79 Å². The van der Waals surface area contributed by atoms with Crippen molar-refractivity contribution < 1.29 is 14.3 Å². The van der Waals surface area contributed by atoms with Crippen molar-refractivity contribution in [2.24, 2.45) is 0 Å². The molecule has 1 amide bonds. The molecule has 3 rings (SSSR count). The summed E-state index contributed by atoms with van der Waals surface area (Å²) >= 11 is 3.62. The molecule has 0 unspecified atom stereocenters. The van der Waals surface area contributed by atoms with Crippen LogP contribution in [0.1, 0.15) is 5.56 Å². The molecule has 0 N–H and O–H groups in total. The maximum absolute atomic E-state index is 12.3. The zero-order chi connectivity index (χ0) is 17.6. The van der Waals surface area contributed by atoms with Crippen molar-refractivity contribution in [1.29, 1.82) is 0 Å². The van der Waals surface area contributed by atoms with E-state index in [1.165, 1.54) is 5.56 Å². The molecule has 25 heavy (non-hydrogen) atoms. The van der Waals surface area contributed by atoms with Crippen LogP contribution in [0.2, 0.25) is 0 Å². The highest BCUT2D eigenvalue weighted by Gasteiger charge is 2.23. The van der Waals surface area contributed by atoms with Gasteiger partial charge in [-0.25, -0.2) is 0 Å². The predicted molar refractivity (Wildman–Crippen MR) is 99.8 cm³/mol. The summed E-state index contributed by atoms with van der Waals surface area (Å²) in [7, 11) is 1.69. The number of piperazine rings is 1. The van der Waals surface area contributed by atoms with Gasteiger partial charge in [0.2, 0.25) is 5.91 Å². The molecule has 2 aliphatic heterocycles. The highest BCUT2D eigenvalue weighted by molar-refractivity contribution is 9.10. The van der Waals surface area contributed by atoms with E-state index in [0.717, 1.165) is 56.0 Å². The number of benzene rings is 1. The minimum Gasteiger partial charge on any atom is -0.497 e. The number of nitrogens with zero attached hydrogens (tertiary/aromatic N) is 3. The monoisotopic (exact) mass is 411 g/mol. The maximum atomic E-state index is 12.3. The van der Waals surface area contributed by atoms with Crippen LogP contribution in [0.25, 0.3) is 0 Å². The summed E-state index contributed by atoms with van der Waals surface area (Å²) in [5, 5.41) is 0. The molecule has 6 nitrogen and oxygen atoms in total. The Morgan fingerprint density at radius 2 is 1.80 bits per heavy atom.